The van der Waals surface area contributed by atoms with Crippen LogP contribution in [0.15, 0.2) is 54.6 Å². The molecule has 0 radical (unpaired) electrons. The second kappa shape index (κ2) is 16.2. The summed E-state index contributed by atoms with van der Waals surface area (Å²) in [5, 5.41) is 6.03. The van der Waals surface area contributed by atoms with Crippen LogP contribution in [-0.2, 0) is 33.5 Å². The maximum absolute atomic E-state index is 13.6. The van der Waals surface area contributed by atoms with Crippen LogP contribution in [0.2, 0.25) is 0 Å². The van der Waals surface area contributed by atoms with Crippen LogP contribution in [0.5, 0.6) is 0 Å². The third kappa shape index (κ3) is 7.99. The Morgan fingerprint density at radius 2 is 0.952 bits per heavy atom. The number of likely N-dealkylation sites (N-methyl/N-ethyl adjacent to an activating group) is 2. The van der Waals surface area contributed by atoms with Gasteiger partial charge in [-0.25, -0.2) is 13.2 Å². The third-order valence-electron chi connectivity index (χ3n) is 7.80. The first-order valence-corrected chi connectivity index (χ1v) is 14.9. The van der Waals surface area contributed by atoms with Crippen molar-refractivity contribution in [2.24, 2.45) is 0 Å². The van der Waals surface area contributed by atoms with Crippen molar-refractivity contribution in [1.29, 1.82) is 0 Å². The maximum Gasteiger partial charge on any atom is 0.129 e. The summed E-state index contributed by atoms with van der Waals surface area (Å²) in [4.78, 5) is 0. The molecule has 0 bridgehead atoms. The summed E-state index contributed by atoms with van der Waals surface area (Å²) in [6.07, 6.45) is 4.11. The van der Waals surface area contributed by atoms with Crippen molar-refractivity contribution in [3.8, 4) is 0 Å². The van der Waals surface area contributed by atoms with Crippen molar-refractivity contribution >= 4 is 0 Å². The van der Waals surface area contributed by atoms with E-state index in [1.54, 1.807) is 18.2 Å². The zero-order chi connectivity index (χ0) is 29.9. The average molecular weight is 585 g/mol. The first-order chi connectivity index (χ1) is 20.5. The lowest BCUT2D eigenvalue weighted by molar-refractivity contribution is 0.0333. The molecule has 2 N–H and O–H groups in total. The van der Waals surface area contributed by atoms with E-state index in [1.165, 1.54) is 18.2 Å². The second-order valence-corrected chi connectivity index (χ2v) is 10.7. The van der Waals surface area contributed by atoms with Gasteiger partial charge in [0.05, 0.1) is 38.1 Å². The Kier molecular flexibility index (Phi) is 12.4. The minimum absolute atomic E-state index is 0.0232. The molecule has 5 nitrogen and oxygen atoms in total. The monoisotopic (exact) mass is 584 g/mol. The van der Waals surface area contributed by atoms with E-state index in [1.807, 2.05) is 32.3 Å². The normalized spacial score (nSPS) is 20.6. The Hall–Kier alpha value is -2.75. The van der Waals surface area contributed by atoms with Gasteiger partial charge in [-0.15, -0.1) is 0 Å². The highest BCUT2D eigenvalue weighted by molar-refractivity contribution is 5.34. The molecule has 0 saturated heterocycles. The summed E-state index contributed by atoms with van der Waals surface area (Å²) in [5.74, 6) is -0.412. The van der Waals surface area contributed by atoms with E-state index in [2.05, 4.69) is 17.6 Å². The van der Waals surface area contributed by atoms with Crippen molar-refractivity contribution < 1.29 is 27.4 Å². The molecular formula is C34H43F3N2O3. The molecule has 0 amide bonds. The fraction of sp³-hybridized carbons (Fsp3) is 0.471. The topological polar surface area (TPSA) is 51.8 Å². The van der Waals surface area contributed by atoms with Crippen molar-refractivity contribution in [2.75, 3.05) is 47.0 Å². The molecule has 6 rings (SSSR count). The van der Waals surface area contributed by atoms with E-state index in [4.69, 9.17) is 14.2 Å². The number of nitrogens with one attached hydrogen (secondary N) is 2. The fourth-order valence-electron chi connectivity index (χ4n) is 5.85. The summed E-state index contributed by atoms with van der Waals surface area (Å²) >= 11 is 0. The molecule has 1 unspecified atom stereocenters. The van der Waals surface area contributed by atoms with E-state index < -0.39 is 0 Å². The molecular weight excluding hydrogens is 541 g/mol. The van der Waals surface area contributed by atoms with Crippen LogP contribution in [0.1, 0.15) is 71.5 Å². The van der Waals surface area contributed by atoms with Gasteiger partial charge in [-0.2, -0.15) is 0 Å². The van der Waals surface area contributed by atoms with Gasteiger partial charge in [0.2, 0.25) is 0 Å². The van der Waals surface area contributed by atoms with Crippen molar-refractivity contribution in [3.63, 3.8) is 0 Å². The average Bonchev–Trinajstić information content (AvgIpc) is 2.99. The molecule has 3 aliphatic heterocycles. The Labute approximate surface area is 247 Å². The summed E-state index contributed by atoms with van der Waals surface area (Å²) in [6.45, 7) is 5.51. The number of ether oxygens (including phenoxy) is 3. The van der Waals surface area contributed by atoms with Crippen LogP contribution < -0.4 is 10.6 Å². The largest absolute Gasteiger partial charge is 0.373 e. The number of benzene rings is 3. The van der Waals surface area contributed by atoms with Gasteiger partial charge in [0.25, 0.3) is 0 Å². The first-order valence-electron chi connectivity index (χ1n) is 14.9. The Morgan fingerprint density at radius 1 is 0.595 bits per heavy atom. The van der Waals surface area contributed by atoms with Crippen LogP contribution in [-0.4, -0.2) is 47.0 Å². The highest BCUT2D eigenvalue weighted by Crippen LogP contribution is 2.33. The van der Waals surface area contributed by atoms with Gasteiger partial charge < -0.3 is 24.8 Å². The summed E-state index contributed by atoms with van der Waals surface area (Å²) < 4.78 is 57.3. The Balaban J connectivity index is 0.000000145. The van der Waals surface area contributed by atoms with E-state index >= 15 is 0 Å². The summed E-state index contributed by atoms with van der Waals surface area (Å²) in [5.41, 5.74) is 5.53. The molecule has 0 fully saturated rings. The molecule has 3 aliphatic rings. The van der Waals surface area contributed by atoms with Crippen molar-refractivity contribution in [2.45, 2.75) is 57.3 Å². The van der Waals surface area contributed by atoms with Crippen LogP contribution in [0.25, 0.3) is 0 Å². The highest BCUT2D eigenvalue weighted by Gasteiger charge is 2.25. The van der Waals surface area contributed by atoms with E-state index in [-0.39, 0.29) is 35.8 Å². The van der Waals surface area contributed by atoms with Crippen LogP contribution in [0.4, 0.5) is 13.2 Å². The van der Waals surface area contributed by atoms with E-state index in [0.29, 0.717) is 26.3 Å². The molecule has 3 atom stereocenters. The van der Waals surface area contributed by atoms with E-state index in [9.17, 15) is 13.2 Å². The van der Waals surface area contributed by atoms with E-state index in [0.717, 1.165) is 72.1 Å². The number of rotatable bonds is 6. The molecule has 0 aliphatic carbocycles. The van der Waals surface area contributed by atoms with Gasteiger partial charge in [-0.05, 0) is 74.7 Å². The summed E-state index contributed by atoms with van der Waals surface area (Å²) in [7, 11) is 3.69. The predicted octanol–water partition coefficient (Wildman–Crippen LogP) is 6.56. The molecule has 3 heterocycles. The number of halogens is 3. The molecule has 42 heavy (non-hydrogen) atoms. The SMILES string of the molecule is CCCC1OCCc2cccc(F)c21.CNC[C@@H]1OCCc2cccc(F)c21.CNC[C@H]1OCCc2cccc(F)c21. The zero-order valence-electron chi connectivity index (χ0n) is 24.9. The van der Waals surface area contributed by atoms with Gasteiger partial charge in [0, 0.05) is 29.8 Å². The lowest BCUT2D eigenvalue weighted by Crippen LogP contribution is -2.26. The molecule has 8 heteroatoms. The molecule has 0 spiro atoms. The van der Waals surface area contributed by atoms with Crippen molar-refractivity contribution in [3.05, 3.63) is 105 Å². The van der Waals surface area contributed by atoms with Gasteiger partial charge in [0.15, 0.2) is 0 Å². The first kappa shape index (κ1) is 32.2. The lowest BCUT2D eigenvalue weighted by atomic mass is 9.94. The Morgan fingerprint density at radius 3 is 1.31 bits per heavy atom. The van der Waals surface area contributed by atoms with Crippen LogP contribution in [0.3, 0.4) is 0 Å². The fourth-order valence-corrected chi connectivity index (χ4v) is 5.85. The molecule has 0 aromatic heterocycles. The van der Waals surface area contributed by atoms with Gasteiger partial charge in [-0.3, -0.25) is 0 Å². The van der Waals surface area contributed by atoms with Gasteiger partial charge in [0.1, 0.15) is 17.5 Å². The lowest BCUT2D eigenvalue weighted by Gasteiger charge is -2.26. The van der Waals surface area contributed by atoms with Crippen LogP contribution in [0, 0.1) is 17.5 Å². The number of hydrogen-bond donors (Lipinski definition) is 2. The molecule has 3 aromatic rings. The summed E-state index contributed by atoms with van der Waals surface area (Å²) in [6, 6.07) is 15.8. The molecule has 228 valence electrons. The second-order valence-electron chi connectivity index (χ2n) is 10.7. The molecule has 0 saturated carbocycles. The van der Waals surface area contributed by atoms with Gasteiger partial charge in [-0.1, -0.05) is 49.7 Å². The Bertz CT molecular complexity index is 1130. The quantitative estimate of drug-likeness (QED) is 0.344. The maximum atomic E-state index is 13.6. The smallest absolute Gasteiger partial charge is 0.129 e. The minimum Gasteiger partial charge on any atom is -0.373 e. The number of hydrogen-bond acceptors (Lipinski definition) is 5. The van der Waals surface area contributed by atoms with Crippen LogP contribution >= 0.6 is 0 Å². The zero-order valence-corrected chi connectivity index (χ0v) is 24.9. The third-order valence-corrected chi connectivity index (χ3v) is 7.80. The molecule has 3 aromatic carbocycles. The van der Waals surface area contributed by atoms with Crippen molar-refractivity contribution in [1.82, 2.24) is 10.6 Å². The predicted molar refractivity (Wildman–Crippen MR) is 159 cm³/mol. The van der Waals surface area contributed by atoms with Gasteiger partial charge >= 0.3 is 0 Å². The number of fused-ring (bicyclic) bond motifs is 3. The highest BCUT2D eigenvalue weighted by atomic mass is 19.1. The minimum atomic E-state index is -0.151. The standard InChI is InChI=1S/C12H15FO.2C11H14FNO/c1-2-4-11-12-9(7-8-14-11)5-3-6-10(12)13;2*1-13-7-10-11-8(5-6-14-10)3-2-4-9(11)12/h3,5-6,11H,2,4,7-8H2,1H3;2*2-4,10,13H,5-7H2,1H3/t;2*10-/m.10/s1.